The van der Waals surface area contributed by atoms with Crippen molar-refractivity contribution in [1.82, 2.24) is 15.6 Å². The topological polar surface area (TPSA) is 75.2 Å². The second-order valence-corrected chi connectivity index (χ2v) is 8.08. The van der Waals surface area contributed by atoms with E-state index < -0.39 is 0 Å². The van der Waals surface area contributed by atoms with Gasteiger partial charge in [0.1, 0.15) is 11.5 Å². The van der Waals surface area contributed by atoms with Crippen molar-refractivity contribution in [3.05, 3.63) is 59.7 Å². The molecule has 2 aliphatic heterocycles. The third-order valence-corrected chi connectivity index (χ3v) is 6.18. The zero-order valence-electron chi connectivity index (χ0n) is 17.8. The molecule has 4 rings (SSSR count). The molecule has 8 heteroatoms. The van der Waals surface area contributed by atoms with Gasteiger partial charge in [-0.15, -0.1) is 0 Å². The Morgan fingerprint density at radius 2 is 1.58 bits per heavy atom. The summed E-state index contributed by atoms with van der Waals surface area (Å²) in [5.74, 6) is 1.56. The minimum atomic E-state index is -0.134. The average molecular weight is 439 g/mol. The molecule has 7 nitrogen and oxygen atoms in total. The molecule has 2 fully saturated rings. The third kappa shape index (κ3) is 4.40. The van der Waals surface area contributed by atoms with Crippen LogP contribution in [-0.2, 0) is 4.79 Å². The maximum absolute atomic E-state index is 12.2. The standard InChI is InChI=1S/C23H26N4O3S/c1-14-19(26-27-21(28)13-24-23(27)31)12-20(15-4-8-17(29-2)9-5-15)25-22(14)16-6-10-18(30-3)11-7-16/h4-11,14,20,22,25H,12-13H2,1-3H3,(H,24,31)/b26-19+. The number of hydrogen-bond donors (Lipinski definition) is 2. The summed E-state index contributed by atoms with van der Waals surface area (Å²) in [6.45, 7) is 2.31. The monoisotopic (exact) mass is 438 g/mol. The van der Waals surface area contributed by atoms with Gasteiger partial charge in [0.2, 0.25) is 0 Å². The highest BCUT2D eigenvalue weighted by Gasteiger charge is 2.35. The highest BCUT2D eigenvalue weighted by molar-refractivity contribution is 7.80. The molecule has 0 aliphatic carbocycles. The van der Waals surface area contributed by atoms with Gasteiger partial charge in [-0.3, -0.25) is 4.79 Å². The first-order valence-corrected chi connectivity index (χ1v) is 10.6. The Labute approximate surface area is 187 Å². The molecule has 2 aromatic carbocycles. The fourth-order valence-corrected chi connectivity index (χ4v) is 4.24. The summed E-state index contributed by atoms with van der Waals surface area (Å²) >= 11 is 5.27. The van der Waals surface area contributed by atoms with E-state index in [1.807, 2.05) is 24.3 Å². The highest BCUT2D eigenvalue weighted by Crippen LogP contribution is 2.36. The molecule has 2 saturated heterocycles. The Hall–Kier alpha value is -2.97. The Bertz CT molecular complexity index is 975. The van der Waals surface area contributed by atoms with Crippen molar-refractivity contribution < 1.29 is 14.3 Å². The molecule has 2 heterocycles. The van der Waals surface area contributed by atoms with Crippen LogP contribution in [-0.4, -0.2) is 42.5 Å². The van der Waals surface area contributed by atoms with Gasteiger partial charge in [-0.1, -0.05) is 31.2 Å². The molecule has 0 saturated carbocycles. The van der Waals surface area contributed by atoms with Gasteiger partial charge in [0.25, 0.3) is 5.91 Å². The molecule has 0 spiro atoms. The number of carbonyl (C=O) groups is 1. The van der Waals surface area contributed by atoms with E-state index in [9.17, 15) is 4.79 Å². The molecule has 3 atom stereocenters. The first-order valence-electron chi connectivity index (χ1n) is 10.2. The second-order valence-electron chi connectivity index (χ2n) is 7.69. The Morgan fingerprint density at radius 1 is 1.00 bits per heavy atom. The molecular formula is C23H26N4O3S. The third-order valence-electron chi connectivity index (χ3n) is 5.86. The molecule has 2 aliphatic rings. The maximum Gasteiger partial charge on any atom is 0.268 e. The van der Waals surface area contributed by atoms with Gasteiger partial charge in [-0.25, -0.2) is 0 Å². The van der Waals surface area contributed by atoms with Gasteiger partial charge in [-0.2, -0.15) is 10.1 Å². The van der Waals surface area contributed by atoms with Crippen molar-refractivity contribution in [3.63, 3.8) is 0 Å². The summed E-state index contributed by atoms with van der Waals surface area (Å²) in [7, 11) is 3.31. The fourth-order valence-electron chi connectivity index (χ4n) is 4.03. The number of methoxy groups -OCH3 is 2. The number of nitrogens with one attached hydrogen (secondary N) is 2. The largest absolute Gasteiger partial charge is 0.497 e. The van der Waals surface area contributed by atoms with Crippen LogP contribution in [0.4, 0.5) is 0 Å². The first kappa shape index (κ1) is 21.3. The summed E-state index contributed by atoms with van der Waals surface area (Å²) in [5, 5.41) is 13.0. The quantitative estimate of drug-likeness (QED) is 0.699. The van der Waals surface area contributed by atoms with Crippen LogP contribution in [0.3, 0.4) is 0 Å². The number of piperidine rings is 1. The molecule has 3 unspecified atom stereocenters. The molecule has 0 bridgehead atoms. The second kappa shape index (κ2) is 9.03. The van der Waals surface area contributed by atoms with E-state index >= 15 is 0 Å². The predicted octanol–water partition coefficient (Wildman–Crippen LogP) is 3.19. The first-order chi connectivity index (χ1) is 15.0. The zero-order chi connectivity index (χ0) is 22.0. The Kier molecular flexibility index (Phi) is 6.20. The molecule has 0 aromatic heterocycles. The summed E-state index contributed by atoms with van der Waals surface area (Å²) in [6, 6.07) is 16.1. The smallest absolute Gasteiger partial charge is 0.268 e. The van der Waals surface area contributed by atoms with E-state index in [1.54, 1.807) is 14.2 Å². The lowest BCUT2D eigenvalue weighted by Crippen LogP contribution is -2.42. The number of carbonyl (C=O) groups excluding carboxylic acids is 1. The van der Waals surface area contributed by atoms with Crippen molar-refractivity contribution in [2.24, 2.45) is 11.0 Å². The zero-order valence-corrected chi connectivity index (χ0v) is 18.6. The van der Waals surface area contributed by atoms with Gasteiger partial charge in [0, 0.05) is 30.1 Å². The lowest BCUT2D eigenvalue weighted by atomic mass is 9.81. The number of hydrogen-bond acceptors (Lipinski definition) is 6. The van der Waals surface area contributed by atoms with Crippen molar-refractivity contribution in [2.75, 3.05) is 20.8 Å². The van der Waals surface area contributed by atoms with Crippen LogP contribution in [0, 0.1) is 5.92 Å². The number of benzene rings is 2. The van der Waals surface area contributed by atoms with E-state index in [0.29, 0.717) is 11.5 Å². The number of amides is 1. The molecule has 162 valence electrons. The average Bonchev–Trinajstić information content (AvgIpc) is 3.12. The maximum atomic E-state index is 12.2. The van der Waals surface area contributed by atoms with E-state index in [4.69, 9.17) is 26.8 Å². The van der Waals surface area contributed by atoms with Crippen LogP contribution in [0.25, 0.3) is 0 Å². The van der Waals surface area contributed by atoms with E-state index in [2.05, 4.69) is 41.8 Å². The van der Waals surface area contributed by atoms with Crippen molar-refractivity contribution >= 4 is 28.9 Å². The van der Waals surface area contributed by atoms with Crippen LogP contribution >= 0.6 is 12.2 Å². The van der Waals surface area contributed by atoms with Crippen LogP contribution < -0.4 is 20.1 Å². The van der Waals surface area contributed by atoms with E-state index in [0.717, 1.165) is 28.3 Å². The normalized spacial score (nSPS) is 24.9. The Balaban J connectivity index is 1.69. The molecule has 0 radical (unpaired) electrons. The number of ether oxygens (including phenoxy) is 2. The molecule has 2 aromatic rings. The lowest BCUT2D eigenvalue weighted by Gasteiger charge is -2.38. The van der Waals surface area contributed by atoms with E-state index in [1.165, 1.54) is 5.01 Å². The van der Waals surface area contributed by atoms with Crippen molar-refractivity contribution in [2.45, 2.75) is 25.4 Å². The van der Waals surface area contributed by atoms with Crippen LogP contribution in [0.2, 0.25) is 0 Å². The van der Waals surface area contributed by atoms with Crippen molar-refractivity contribution in [3.8, 4) is 11.5 Å². The number of rotatable bonds is 5. The Morgan fingerprint density at radius 3 is 2.10 bits per heavy atom. The summed E-state index contributed by atoms with van der Waals surface area (Å²) in [6.07, 6.45) is 0.673. The number of nitrogens with zero attached hydrogens (tertiary/aromatic N) is 2. The number of thiocarbonyl (C=S) groups is 1. The van der Waals surface area contributed by atoms with Gasteiger partial charge in [0.05, 0.1) is 20.8 Å². The van der Waals surface area contributed by atoms with Gasteiger partial charge >= 0.3 is 0 Å². The minimum Gasteiger partial charge on any atom is -0.497 e. The molecule has 31 heavy (non-hydrogen) atoms. The van der Waals surface area contributed by atoms with Gasteiger partial charge in [-0.05, 0) is 47.6 Å². The lowest BCUT2D eigenvalue weighted by molar-refractivity contribution is -0.124. The summed E-state index contributed by atoms with van der Waals surface area (Å²) < 4.78 is 10.6. The fraction of sp³-hybridized carbons (Fsp3) is 0.348. The van der Waals surface area contributed by atoms with Crippen LogP contribution in [0.15, 0.2) is 53.6 Å². The van der Waals surface area contributed by atoms with E-state index in [-0.39, 0.29) is 30.5 Å². The van der Waals surface area contributed by atoms with Gasteiger partial charge in [0.15, 0.2) is 5.11 Å². The minimum absolute atomic E-state index is 0.0183. The summed E-state index contributed by atoms with van der Waals surface area (Å²) in [5.41, 5.74) is 3.19. The van der Waals surface area contributed by atoms with Crippen LogP contribution in [0.5, 0.6) is 11.5 Å². The SMILES string of the molecule is COc1ccc(C2C/C(=N\N3C(=O)CNC3=S)C(C)C(c3ccc(OC)cc3)N2)cc1. The van der Waals surface area contributed by atoms with Crippen molar-refractivity contribution in [1.29, 1.82) is 0 Å². The molecule has 1 amide bonds. The number of hydrazone groups is 1. The molecular weight excluding hydrogens is 412 g/mol. The predicted molar refractivity (Wildman–Crippen MR) is 123 cm³/mol. The highest BCUT2D eigenvalue weighted by atomic mass is 32.1. The molecule has 2 N–H and O–H groups in total. The van der Waals surface area contributed by atoms with Gasteiger partial charge < -0.3 is 20.1 Å². The summed E-state index contributed by atoms with van der Waals surface area (Å²) in [4.78, 5) is 12.2. The van der Waals surface area contributed by atoms with Crippen LogP contribution in [0.1, 0.15) is 36.6 Å².